The fraction of sp³-hybridized carbons (Fsp3) is 0.208. The number of aromatic nitrogens is 1. The highest BCUT2D eigenvalue weighted by Gasteiger charge is 2.22. The van der Waals surface area contributed by atoms with Crippen molar-refractivity contribution in [2.75, 3.05) is 18.5 Å². The average molecular weight is 415 g/mol. The lowest BCUT2D eigenvalue weighted by molar-refractivity contribution is -0.119. The van der Waals surface area contributed by atoms with Crippen LogP contribution in [-0.4, -0.2) is 29.7 Å². The highest BCUT2D eigenvalue weighted by Crippen LogP contribution is 2.30. The summed E-state index contributed by atoms with van der Waals surface area (Å²) in [6.45, 7) is 3.85. The van der Waals surface area contributed by atoms with E-state index in [1.165, 1.54) is 0 Å². The molecule has 0 fully saturated rings. The van der Waals surface area contributed by atoms with Gasteiger partial charge in [-0.1, -0.05) is 18.2 Å². The van der Waals surface area contributed by atoms with Gasteiger partial charge < -0.3 is 14.8 Å². The Morgan fingerprint density at radius 1 is 1.19 bits per heavy atom. The van der Waals surface area contributed by atoms with E-state index in [0.717, 1.165) is 34.7 Å². The number of hydrogen-bond acceptors (Lipinski definition) is 5. The van der Waals surface area contributed by atoms with Crippen LogP contribution in [0, 0.1) is 25.2 Å². The molecular formula is C24H21N3O4. The number of nitrogens with one attached hydrogen (secondary N) is 1. The first-order valence-corrected chi connectivity index (χ1v) is 9.89. The zero-order chi connectivity index (χ0) is 22.0. The Kier molecular flexibility index (Phi) is 5.46. The minimum absolute atomic E-state index is 0.361. The molecular weight excluding hydrogens is 394 g/mol. The maximum Gasteiger partial charge on any atom is 0.338 e. The molecule has 4 rings (SSSR count). The highest BCUT2D eigenvalue weighted by atomic mass is 16.5. The van der Waals surface area contributed by atoms with Crippen molar-refractivity contribution >= 4 is 17.7 Å². The van der Waals surface area contributed by atoms with Crippen LogP contribution < -0.4 is 10.1 Å². The van der Waals surface area contributed by atoms with Gasteiger partial charge in [-0.15, -0.1) is 0 Å². The molecule has 7 heteroatoms. The summed E-state index contributed by atoms with van der Waals surface area (Å²) in [5.74, 6) is 0.0188. The van der Waals surface area contributed by atoms with E-state index in [2.05, 4.69) is 11.4 Å². The molecule has 2 heterocycles. The second-order valence-electron chi connectivity index (χ2n) is 7.26. The fourth-order valence-corrected chi connectivity index (χ4v) is 3.66. The van der Waals surface area contributed by atoms with Gasteiger partial charge in [0, 0.05) is 17.8 Å². The van der Waals surface area contributed by atoms with Gasteiger partial charge in [0.05, 0.1) is 17.7 Å². The molecule has 156 valence electrons. The van der Waals surface area contributed by atoms with Crippen molar-refractivity contribution in [3.63, 3.8) is 0 Å². The molecule has 1 aliphatic rings. The first kappa shape index (κ1) is 20.2. The largest absolute Gasteiger partial charge is 0.493 e. The number of amides is 1. The number of rotatable bonds is 5. The van der Waals surface area contributed by atoms with Crippen molar-refractivity contribution in [3.05, 3.63) is 76.5 Å². The quantitative estimate of drug-likeness (QED) is 0.642. The smallest absolute Gasteiger partial charge is 0.338 e. The molecule has 0 saturated heterocycles. The van der Waals surface area contributed by atoms with E-state index >= 15 is 0 Å². The van der Waals surface area contributed by atoms with Gasteiger partial charge in [-0.25, -0.2) is 4.79 Å². The van der Waals surface area contributed by atoms with Crippen LogP contribution in [-0.2, 0) is 16.0 Å². The third kappa shape index (κ3) is 3.88. The summed E-state index contributed by atoms with van der Waals surface area (Å²) in [7, 11) is 0. The number of anilines is 1. The van der Waals surface area contributed by atoms with E-state index in [1.807, 2.05) is 48.7 Å². The van der Waals surface area contributed by atoms with Crippen molar-refractivity contribution in [1.29, 1.82) is 5.26 Å². The standard InChI is InChI=1S/C24H21N3O4/c1-15-16(2)27(19-6-4-3-5-7-19)23(20(15)13-25)26-22(28)14-31-24(29)18-8-9-21-17(12-18)10-11-30-21/h3-9,12H,10-11,14H2,1-2H3,(H,26,28). The fourth-order valence-electron chi connectivity index (χ4n) is 3.66. The molecule has 1 N–H and O–H groups in total. The van der Waals surface area contributed by atoms with Crippen LogP contribution in [0.3, 0.4) is 0 Å². The van der Waals surface area contributed by atoms with Crippen LogP contribution in [0.2, 0.25) is 0 Å². The predicted octanol–water partition coefficient (Wildman–Crippen LogP) is 3.70. The number of carbonyl (C=O) groups excluding carboxylic acids is 2. The van der Waals surface area contributed by atoms with Crippen LogP contribution in [0.4, 0.5) is 5.82 Å². The molecule has 1 amide bonds. The van der Waals surface area contributed by atoms with Gasteiger partial charge in [0.25, 0.3) is 5.91 Å². The van der Waals surface area contributed by atoms with Gasteiger partial charge in [0.1, 0.15) is 17.6 Å². The van der Waals surface area contributed by atoms with Gasteiger partial charge in [-0.05, 0) is 55.3 Å². The van der Waals surface area contributed by atoms with E-state index < -0.39 is 18.5 Å². The molecule has 1 aromatic heterocycles. The molecule has 0 aliphatic carbocycles. The van der Waals surface area contributed by atoms with Crippen molar-refractivity contribution < 1.29 is 19.1 Å². The number of esters is 1. The van der Waals surface area contributed by atoms with Crippen LogP contribution in [0.15, 0.2) is 48.5 Å². The molecule has 31 heavy (non-hydrogen) atoms. The van der Waals surface area contributed by atoms with E-state index in [1.54, 1.807) is 18.2 Å². The lowest BCUT2D eigenvalue weighted by Crippen LogP contribution is -2.23. The molecule has 7 nitrogen and oxygen atoms in total. The number of nitrogens with zero attached hydrogens (tertiary/aromatic N) is 2. The Morgan fingerprint density at radius 2 is 1.97 bits per heavy atom. The topological polar surface area (TPSA) is 93.3 Å². The predicted molar refractivity (Wildman–Crippen MR) is 115 cm³/mol. The third-order valence-electron chi connectivity index (χ3n) is 5.36. The molecule has 0 unspecified atom stereocenters. The number of ether oxygens (including phenoxy) is 2. The van der Waals surface area contributed by atoms with E-state index in [4.69, 9.17) is 9.47 Å². The van der Waals surface area contributed by atoms with Crippen LogP contribution in [0.25, 0.3) is 5.69 Å². The monoisotopic (exact) mass is 415 g/mol. The van der Waals surface area contributed by atoms with Gasteiger partial charge in [0.2, 0.25) is 0 Å². The molecule has 0 radical (unpaired) electrons. The SMILES string of the molecule is Cc1c(C#N)c(NC(=O)COC(=O)c2ccc3c(c2)CCO3)n(-c2ccccc2)c1C. The lowest BCUT2D eigenvalue weighted by atomic mass is 10.1. The van der Waals surface area contributed by atoms with E-state index in [9.17, 15) is 14.9 Å². The first-order chi connectivity index (χ1) is 15.0. The number of hydrogen-bond donors (Lipinski definition) is 1. The second-order valence-corrected chi connectivity index (χ2v) is 7.26. The van der Waals surface area contributed by atoms with Crippen molar-refractivity contribution in [3.8, 4) is 17.5 Å². The van der Waals surface area contributed by atoms with E-state index in [0.29, 0.717) is 23.6 Å². The molecule has 1 aliphatic heterocycles. The zero-order valence-corrected chi connectivity index (χ0v) is 17.3. The highest BCUT2D eigenvalue weighted by molar-refractivity contribution is 5.96. The Balaban J connectivity index is 1.50. The molecule has 0 bridgehead atoms. The summed E-state index contributed by atoms with van der Waals surface area (Å²) in [6, 6.07) is 16.7. The summed E-state index contributed by atoms with van der Waals surface area (Å²) in [6.07, 6.45) is 0.739. The minimum atomic E-state index is -0.587. The van der Waals surface area contributed by atoms with Crippen LogP contribution >= 0.6 is 0 Å². The summed E-state index contributed by atoms with van der Waals surface area (Å²) in [4.78, 5) is 24.9. The second kappa shape index (κ2) is 8.36. The van der Waals surface area contributed by atoms with Crippen LogP contribution in [0.5, 0.6) is 5.75 Å². The van der Waals surface area contributed by atoms with E-state index in [-0.39, 0.29) is 0 Å². The molecule has 0 spiro atoms. The van der Waals surface area contributed by atoms with Gasteiger partial charge in [0.15, 0.2) is 6.61 Å². The van der Waals surface area contributed by atoms with Crippen LogP contribution in [0.1, 0.15) is 32.7 Å². The Hall–Kier alpha value is -4.05. The average Bonchev–Trinajstić information content (AvgIpc) is 3.34. The maximum atomic E-state index is 12.6. The maximum absolute atomic E-state index is 12.6. The first-order valence-electron chi connectivity index (χ1n) is 9.89. The Bertz CT molecular complexity index is 1210. The number of para-hydroxylation sites is 1. The summed E-state index contributed by atoms with van der Waals surface area (Å²) >= 11 is 0. The molecule has 2 aromatic carbocycles. The Labute approximate surface area is 179 Å². The number of benzene rings is 2. The summed E-state index contributed by atoms with van der Waals surface area (Å²) < 4.78 is 12.4. The normalized spacial score (nSPS) is 11.9. The molecule has 0 saturated carbocycles. The minimum Gasteiger partial charge on any atom is -0.493 e. The van der Waals surface area contributed by atoms with Gasteiger partial charge in [-0.2, -0.15) is 5.26 Å². The lowest BCUT2D eigenvalue weighted by Gasteiger charge is -2.13. The van der Waals surface area contributed by atoms with Gasteiger partial charge >= 0.3 is 5.97 Å². The van der Waals surface area contributed by atoms with Crippen molar-refractivity contribution in [2.24, 2.45) is 0 Å². The summed E-state index contributed by atoms with van der Waals surface area (Å²) in [5, 5.41) is 12.4. The van der Waals surface area contributed by atoms with Gasteiger partial charge in [-0.3, -0.25) is 9.36 Å². The third-order valence-corrected chi connectivity index (χ3v) is 5.36. The number of fused-ring (bicyclic) bond motifs is 1. The number of nitriles is 1. The van der Waals surface area contributed by atoms with Crippen molar-refractivity contribution in [2.45, 2.75) is 20.3 Å². The number of carbonyl (C=O) groups is 2. The zero-order valence-electron chi connectivity index (χ0n) is 17.3. The van der Waals surface area contributed by atoms with Crippen molar-refractivity contribution in [1.82, 2.24) is 4.57 Å². The summed E-state index contributed by atoms with van der Waals surface area (Å²) in [5.41, 5.74) is 4.13. The Morgan fingerprint density at radius 3 is 2.71 bits per heavy atom. The molecule has 3 aromatic rings. The molecule has 0 atom stereocenters.